The molecule has 0 saturated heterocycles. The molecule has 1 aliphatic carbocycles. The standard InChI is InChI=1S/C55H37N3/c1-2-15-36(16-3-1)48-35-50(56-49-30-29-37-17-4-5-20-43(37)55(48)49)39-19-14-18-38(31-39)40-32-41(57-51-25-10-6-21-44(51)45-22-7-11-26-52(45)57)34-42(33-40)58-53-27-12-8-23-46(53)47-24-9-13-28-54(47)58/h1-12,14-27,29-35H,13,28H2. The zero-order valence-electron chi connectivity index (χ0n) is 31.8. The number of pyridine rings is 1. The van der Waals surface area contributed by atoms with Crippen LogP contribution in [0.4, 0.5) is 0 Å². The minimum absolute atomic E-state index is 0.958. The van der Waals surface area contributed by atoms with E-state index in [2.05, 4.69) is 209 Å². The van der Waals surface area contributed by atoms with E-state index in [9.17, 15) is 0 Å². The van der Waals surface area contributed by atoms with Gasteiger partial charge in [0, 0.05) is 49.7 Å². The molecule has 0 fully saturated rings. The quantitative estimate of drug-likeness (QED) is 0.161. The molecule has 0 saturated carbocycles. The van der Waals surface area contributed by atoms with Gasteiger partial charge < -0.3 is 9.13 Å². The Hall–Kier alpha value is -7.49. The summed E-state index contributed by atoms with van der Waals surface area (Å²) < 4.78 is 4.96. The Morgan fingerprint density at radius 1 is 0.431 bits per heavy atom. The molecule has 0 atom stereocenters. The Kier molecular flexibility index (Phi) is 7.36. The van der Waals surface area contributed by atoms with E-state index in [4.69, 9.17) is 4.98 Å². The molecule has 3 nitrogen and oxygen atoms in total. The van der Waals surface area contributed by atoms with E-state index >= 15 is 0 Å². The predicted molar refractivity (Wildman–Crippen MR) is 244 cm³/mol. The maximum atomic E-state index is 5.37. The molecular formula is C55H37N3. The first-order valence-electron chi connectivity index (χ1n) is 20.2. The van der Waals surface area contributed by atoms with Crippen LogP contribution in [-0.2, 0) is 6.42 Å². The highest BCUT2D eigenvalue weighted by Crippen LogP contribution is 2.41. The van der Waals surface area contributed by atoms with Crippen molar-refractivity contribution in [1.29, 1.82) is 0 Å². The average Bonchev–Trinajstić information content (AvgIpc) is 3.82. The van der Waals surface area contributed by atoms with Crippen LogP contribution in [0, 0.1) is 0 Å². The molecule has 3 heteroatoms. The van der Waals surface area contributed by atoms with Gasteiger partial charge in [-0.1, -0.05) is 146 Å². The molecule has 0 radical (unpaired) electrons. The number of rotatable bonds is 5. The van der Waals surface area contributed by atoms with Gasteiger partial charge >= 0.3 is 0 Å². The van der Waals surface area contributed by atoms with Crippen LogP contribution in [0.1, 0.15) is 17.7 Å². The van der Waals surface area contributed by atoms with E-state index in [1.165, 1.54) is 71.3 Å². The monoisotopic (exact) mass is 739 g/mol. The number of hydrogen-bond donors (Lipinski definition) is 0. The highest BCUT2D eigenvalue weighted by Gasteiger charge is 2.21. The topological polar surface area (TPSA) is 22.8 Å². The molecule has 12 rings (SSSR count). The number of fused-ring (bicyclic) bond motifs is 9. The zero-order chi connectivity index (χ0) is 38.2. The second-order valence-corrected chi connectivity index (χ2v) is 15.4. The lowest BCUT2D eigenvalue weighted by Gasteiger charge is -2.18. The summed E-state index contributed by atoms with van der Waals surface area (Å²) in [5.74, 6) is 0. The van der Waals surface area contributed by atoms with Crippen molar-refractivity contribution in [2.75, 3.05) is 0 Å². The third kappa shape index (κ3) is 5.10. The van der Waals surface area contributed by atoms with Gasteiger partial charge in [-0.2, -0.15) is 0 Å². The molecule has 0 bridgehead atoms. The van der Waals surface area contributed by atoms with Gasteiger partial charge in [-0.25, -0.2) is 4.98 Å². The largest absolute Gasteiger partial charge is 0.313 e. The fourth-order valence-electron chi connectivity index (χ4n) is 9.55. The van der Waals surface area contributed by atoms with Crippen LogP contribution in [-0.4, -0.2) is 14.1 Å². The van der Waals surface area contributed by atoms with Crippen molar-refractivity contribution in [3.63, 3.8) is 0 Å². The molecule has 8 aromatic carbocycles. The smallest absolute Gasteiger partial charge is 0.0722 e. The predicted octanol–water partition coefficient (Wildman–Crippen LogP) is 14.4. The number of hydrogen-bond acceptors (Lipinski definition) is 1. The first-order valence-corrected chi connectivity index (χ1v) is 20.2. The van der Waals surface area contributed by atoms with Crippen molar-refractivity contribution in [2.24, 2.45) is 0 Å². The lowest BCUT2D eigenvalue weighted by molar-refractivity contribution is 0.888. The number of nitrogens with zero attached hydrogens (tertiary/aromatic N) is 3. The third-order valence-corrected chi connectivity index (χ3v) is 12.1. The Bertz CT molecular complexity index is 3400. The molecule has 1 aliphatic rings. The fraction of sp³-hybridized carbons (Fsp3) is 0.0364. The van der Waals surface area contributed by atoms with Gasteiger partial charge in [-0.15, -0.1) is 0 Å². The van der Waals surface area contributed by atoms with Crippen LogP contribution in [0.15, 0.2) is 194 Å². The normalized spacial score (nSPS) is 12.6. The summed E-state index contributed by atoms with van der Waals surface area (Å²) in [6.45, 7) is 0. The lowest BCUT2D eigenvalue weighted by atomic mass is 9.94. The molecule has 0 spiro atoms. The minimum Gasteiger partial charge on any atom is -0.313 e. The van der Waals surface area contributed by atoms with E-state index in [1.807, 2.05) is 0 Å². The van der Waals surface area contributed by atoms with Gasteiger partial charge in [0.15, 0.2) is 0 Å². The summed E-state index contributed by atoms with van der Waals surface area (Å²) in [4.78, 5) is 5.37. The van der Waals surface area contributed by atoms with Crippen molar-refractivity contribution < 1.29 is 0 Å². The van der Waals surface area contributed by atoms with E-state index in [0.29, 0.717) is 0 Å². The van der Waals surface area contributed by atoms with Crippen LogP contribution < -0.4 is 0 Å². The molecule has 11 aromatic rings. The molecule has 3 aromatic heterocycles. The van der Waals surface area contributed by atoms with Crippen molar-refractivity contribution in [3.05, 3.63) is 205 Å². The highest BCUT2D eigenvalue weighted by molar-refractivity contribution is 6.14. The van der Waals surface area contributed by atoms with Crippen LogP contribution in [0.2, 0.25) is 0 Å². The van der Waals surface area contributed by atoms with Crippen LogP contribution in [0.25, 0.3) is 105 Å². The zero-order valence-corrected chi connectivity index (χ0v) is 31.8. The Morgan fingerprint density at radius 3 is 1.83 bits per heavy atom. The summed E-state index contributed by atoms with van der Waals surface area (Å²) in [6, 6.07) is 68.6. The summed E-state index contributed by atoms with van der Waals surface area (Å²) in [7, 11) is 0. The van der Waals surface area contributed by atoms with Crippen molar-refractivity contribution in [2.45, 2.75) is 12.8 Å². The molecule has 0 aliphatic heterocycles. The number of para-hydroxylation sites is 3. The second-order valence-electron chi connectivity index (χ2n) is 15.4. The van der Waals surface area contributed by atoms with Gasteiger partial charge in [-0.05, 0) is 100 Å². The molecule has 58 heavy (non-hydrogen) atoms. The molecule has 272 valence electrons. The van der Waals surface area contributed by atoms with Crippen molar-refractivity contribution in [1.82, 2.24) is 14.1 Å². The van der Waals surface area contributed by atoms with Gasteiger partial charge in [0.1, 0.15) is 0 Å². The van der Waals surface area contributed by atoms with Crippen LogP contribution in [0.3, 0.4) is 0 Å². The summed E-state index contributed by atoms with van der Waals surface area (Å²) in [6.07, 6.45) is 6.67. The number of benzene rings is 8. The first kappa shape index (κ1) is 32.7. The van der Waals surface area contributed by atoms with Crippen LogP contribution >= 0.6 is 0 Å². The van der Waals surface area contributed by atoms with Crippen molar-refractivity contribution >= 4 is 60.5 Å². The summed E-state index contributed by atoms with van der Waals surface area (Å²) in [5, 5.41) is 7.43. The maximum Gasteiger partial charge on any atom is 0.0722 e. The molecule has 0 unspecified atom stereocenters. The Labute approximate surface area is 336 Å². The molecular weight excluding hydrogens is 703 g/mol. The first-order chi connectivity index (χ1) is 28.8. The molecule has 3 heterocycles. The van der Waals surface area contributed by atoms with Crippen molar-refractivity contribution in [3.8, 4) is 44.9 Å². The number of allylic oxidation sites excluding steroid dienone is 1. The molecule has 0 amide bonds. The average molecular weight is 740 g/mol. The summed E-state index contributed by atoms with van der Waals surface area (Å²) in [5.41, 5.74) is 16.3. The van der Waals surface area contributed by atoms with Gasteiger partial charge in [-0.3, -0.25) is 0 Å². The van der Waals surface area contributed by atoms with Gasteiger partial charge in [0.05, 0.1) is 27.8 Å². The third-order valence-electron chi connectivity index (χ3n) is 12.1. The van der Waals surface area contributed by atoms with E-state index in [0.717, 1.165) is 52.1 Å². The molecule has 0 N–H and O–H groups in total. The maximum absolute atomic E-state index is 5.37. The Balaban J connectivity index is 1.10. The van der Waals surface area contributed by atoms with Gasteiger partial charge in [0.25, 0.3) is 0 Å². The van der Waals surface area contributed by atoms with Gasteiger partial charge in [0.2, 0.25) is 0 Å². The summed E-state index contributed by atoms with van der Waals surface area (Å²) >= 11 is 0. The number of aromatic nitrogens is 3. The van der Waals surface area contributed by atoms with E-state index in [-0.39, 0.29) is 0 Å². The fourth-order valence-corrected chi connectivity index (χ4v) is 9.55. The van der Waals surface area contributed by atoms with E-state index < -0.39 is 0 Å². The highest BCUT2D eigenvalue weighted by atomic mass is 15.0. The van der Waals surface area contributed by atoms with E-state index in [1.54, 1.807) is 0 Å². The minimum atomic E-state index is 0.958. The lowest BCUT2D eigenvalue weighted by Crippen LogP contribution is -2.05. The SMILES string of the molecule is C1=Cc2c(n(-c3cc(-c4cccc(-c5cc(-c6ccccc6)c6c(ccc7ccccc76)n5)c4)cc(-n4c5ccccc5c5ccccc54)c3)c3ccccc23)CC1. The Morgan fingerprint density at radius 2 is 1.05 bits per heavy atom. The van der Waals surface area contributed by atoms with Crippen LogP contribution in [0.5, 0.6) is 0 Å². The second kappa shape index (κ2) is 13.0.